The molecule has 5 atom stereocenters. The van der Waals surface area contributed by atoms with E-state index < -0.39 is 30.6 Å². The third-order valence-corrected chi connectivity index (χ3v) is 4.37. The minimum Gasteiger partial charge on any atom is -0.388 e. The van der Waals surface area contributed by atoms with Gasteiger partial charge in [-0.1, -0.05) is 52.9 Å². The van der Waals surface area contributed by atoms with Crippen LogP contribution in [0.15, 0.2) is 30.3 Å². The molecule has 0 aromatic heterocycles. The lowest BCUT2D eigenvalue weighted by molar-refractivity contribution is -0.251. The lowest BCUT2D eigenvalue weighted by Crippen LogP contribution is -2.64. The van der Waals surface area contributed by atoms with Gasteiger partial charge in [-0.25, -0.2) is 0 Å². The second-order valence-corrected chi connectivity index (χ2v) is 6.08. The van der Waals surface area contributed by atoms with Gasteiger partial charge in [-0.3, -0.25) is 4.79 Å². The van der Waals surface area contributed by atoms with Gasteiger partial charge in [0, 0.05) is 11.4 Å². The number of aliphatic hydroxyl groups is 2. The highest BCUT2D eigenvalue weighted by atomic mass is 127. The van der Waals surface area contributed by atoms with Crippen LogP contribution in [0.3, 0.4) is 0 Å². The van der Waals surface area contributed by atoms with Crippen LogP contribution in [0.5, 0.6) is 0 Å². The molecule has 0 aliphatic carbocycles. The van der Waals surface area contributed by atoms with Crippen LogP contribution < -0.4 is 5.32 Å². The Kier molecular flexibility index (Phi) is 6.57. The molecule has 1 fully saturated rings. The summed E-state index contributed by atoms with van der Waals surface area (Å²) < 4.78 is 11.6. The van der Waals surface area contributed by atoms with Gasteiger partial charge in [-0.05, 0) is 5.56 Å². The number of benzene rings is 1. The van der Waals surface area contributed by atoms with Crippen LogP contribution in [0.4, 0.5) is 0 Å². The van der Waals surface area contributed by atoms with Crippen LogP contribution in [0.1, 0.15) is 12.5 Å². The largest absolute Gasteiger partial charge is 0.388 e. The molecule has 0 unspecified atom stereocenters. The molecular weight excluding hydrogens is 401 g/mol. The Hall–Kier alpha value is -0.740. The van der Waals surface area contributed by atoms with Gasteiger partial charge >= 0.3 is 0 Å². The van der Waals surface area contributed by atoms with Crippen molar-refractivity contribution >= 4 is 28.5 Å². The Labute approximate surface area is 142 Å². The van der Waals surface area contributed by atoms with Crippen LogP contribution >= 0.6 is 22.6 Å². The number of hydrogen-bond donors (Lipinski definition) is 3. The molecule has 1 aliphatic rings. The van der Waals surface area contributed by atoms with Crippen molar-refractivity contribution in [3.63, 3.8) is 0 Å². The number of halogens is 1. The minimum absolute atomic E-state index is 0.277. The van der Waals surface area contributed by atoms with Crippen LogP contribution in [-0.2, 0) is 20.9 Å². The molecule has 3 N–H and O–H groups in total. The molecule has 1 aromatic carbocycles. The van der Waals surface area contributed by atoms with Gasteiger partial charge in [0.25, 0.3) is 0 Å². The average Bonchev–Trinajstić information content (AvgIpc) is 2.50. The Balaban J connectivity index is 2.10. The van der Waals surface area contributed by atoms with Crippen LogP contribution in [0.2, 0.25) is 0 Å². The number of carbonyl (C=O) groups excluding carboxylic acids is 1. The smallest absolute Gasteiger partial charge is 0.217 e. The van der Waals surface area contributed by atoms with Crippen molar-refractivity contribution in [2.75, 3.05) is 4.43 Å². The van der Waals surface area contributed by atoms with E-state index in [2.05, 4.69) is 27.9 Å². The number of aliphatic hydroxyl groups excluding tert-OH is 2. The monoisotopic (exact) mass is 421 g/mol. The Bertz CT molecular complexity index is 486. The van der Waals surface area contributed by atoms with Crippen molar-refractivity contribution in [3.05, 3.63) is 35.9 Å². The van der Waals surface area contributed by atoms with Gasteiger partial charge in [-0.15, -0.1) is 0 Å². The molecule has 0 saturated carbocycles. The van der Waals surface area contributed by atoms with Crippen LogP contribution in [-0.4, -0.2) is 51.2 Å². The maximum absolute atomic E-state index is 11.3. The molecule has 0 radical (unpaired) electrons. The summed E-state index contributed by atoms with van der Waals surface area (Å²) in [6.07, 6.45) is -3.43. The highest BCUT2D eigenvalue weighted by Gasteiger charge is 2.45. The van der Waals surface area contributed by atoms with E-state index in [0.29, 0.717) is 4.43 Å². The van der Waals surface area contributed by atoms with Gasteiger partial charge in [-0.2, -0.15) is 0 Å². The Morgan fingerprint density at radius 2 is 2.05 bits per heavy atom. The highest BCUT2D eigenvalue weighted by Crippen LogP contribution is 2.24. The SMILES string of the molecule is CC(=O)N[C@@H]1[C@@H](OCc2ccccc2)[C@H](O)[C@@H](CI)O[C@@H]1O. The number of carbonyl (C=O) groups is 1. The fourth-order valence-corrected chi connectivity index (χ4v) is 3.14. The number of nitrogens with one attached hydrogen (secondary N) is 1. The molecule has 122 valence electrons. The normalized spacial score (nSPS) is 31.7. The zero-order valence-electron chi connectivity index (χ0n) is 12.2. The maximum atomic E-state index is 11.3. The fraction of sp³-hybridized carbons (Fsp3) is 0.533. The molecule has 1 aliphatic heterocycles. The number of ether oxygens (including phenoxy) is 2. The lowest BCUT2D eigenvalue weighted by Gasteiger charge is -2.42. The minimum atomic E-state index is -1.21. The third-order valence-electron chi connectivity index (χ3n) is 3.50. The van der Waals surface area contributed by atoms with Crippen molar-refractivity contribution in [3.8, 4) is 0 Å². The van der Waals surface area contributed by atoms with Crippen molar-refractivity contribution in [1.82, 2.24) is 5.32 Å². The summed E-state index contributed by atoms with van der Waals surface area (Å²) in [5.41, 5.74) is 0.947. The predicted molar refractivity (Wildman–Crippen MR) is 88.4 cm³/mol. The maximum Gasteiger partial charge on any atom is 0.217 e. The molecule has 2 rings (SSSR count). The summed E-state index contributed by atoms with van der Waals surface area (Å²) in [6.45, 7) is 1.62. The first kappa shape index (κ1) is 17.6. The molecule has 1 amide bonds. The molecule has 1 aromatic rings. The van der Waals surface area contributed by atoms with E-state index in [-0.39, 0.29) is 12.5 Å². The van der Waals surface area contributed by atoms with E-state index in [9.17, 15) is 15.0 Å². The van der Waals surface area contributed by atoms with Crippen molar-refractivity contribution in [2.45, 2.75) is 44.2 Å². The van der Waals surface area contributed by atoms with E-state index in [1.807, 2.05) is 30.3 Å². The summed E-state index contributed by atoms with van der Waals surface area (Å²) in [5, 5.41) is 23.1. The number of rotatable bonds is 5. The molecule has 22 heavy (non-hydrogen) atoms. The van der Waals surface area contributed by atoms with E-state index in [4.69, 9.17) is 9.47 Å². The first-order valence-electron chi connectivity index (χ1n) is 7.03. The quantitative estimate of drug-likeness (QED) is 0.479. The lowest BCUT2D eigenvalue weighted by atomic mass is 9.97. The second-order valence-electron chi connectivity index (χ2n) is 5.20. The van der Waals surface area contributed by atoms with E-state index >= 15 is 0 Å². The molecule has 1 saturated heterocycles. The zero-order valence-corrected chi connectivity index (χ0v) is 14.3. The summed E-state index contributed by atoms with van der Waals surface area (Å²) >= 11 is 2.08. The number of amides is 1. The van der Waals surface area contributed by atoms with E-state index in [1.165, 1.54) is 6.92 Å². The topological polar surface area (TPSA) is 88.0 Å². The molecule has 7 heteroatoms. The number of hydrogen-bond acceptors (Lipinski definition) is 5. The van der Waals surface area contributed by atoms with Gasteiger partial charge in [0.05, 0.1) is 12.7 Å². The first-order valence-corrected chi connectivity index (χ1v) is 8.55. The first-order chi connectivity index (χ1) is 10.5. The molecule has 1 heterocycles. The summed E-state index contributed by atoms with van der Waals surface area (Å²) in [4.78, 5) is 11.3. The van der Waals surface area contributed by atoms with Gasteiger partial charge < -0.3 is 25.0 Å². The zero-order chi connectivity index (χ0) is 16.1. The molecule has 0 bridgehead atoms. The van der Waals surface area contributed by atoms with Gasteiger partial charge in [0.1, 0.15) is 18.2 Å². The molecule has 6 nitrogen and oxygen atoms in total. The Morgan fingerprint density at radius 3 is 2.64 bits per heavy atom. The van der Waals surface area contributed by atoms with Crippen molar-refractivity contribution in [2.24, 2.45) is 0 Å². The Morgan fingerprint density at radius 1 is 1.36 bits per heavy atom. The standard InChI is InChI=1S/C15H20INO5/c1-9(18)17-12-14(13(19)11(7-16)22-15(12)20)21-8-10-5-3-2-4-6-10/h2-6,11-15,19-20H,7-8H2,1H3,(H,17,18)/t11-,12-,13-,14-,15+/m1/s1. The van der Waals surface area contributed by atoms with E-state index in [1.54, 1.807) is 0 Å². The third kappa shape index (κ3) is 4.39. The van der Waals surface area contributed by atoms with E-state index in [0.717, 1.165) is 5.56 Å². The average molecular weight is 421 g/mol. The van der Waals surface area contributed by atoms with Crippen LogP contribution in [0, 0.1) is 0 Å². The molecular formula is C15H20INO5. The predicted octanol–water partition coefficient (Wildman–Crippen LogP) is 0.590. The highest BCUT2D eigenvalue weighted by molar-refractivity contribution is 14.1. The summed E-state index contributed by atoms with van der Waals surface area (Å²) in [7, 11) is 0. The number of alkyl halides is 1. The van der Waals surface area contributed by atoms with Crippen LogP contribution in [0.25, 0.3) is 0 Å². The van der Waals surface area contributed by atoms with Gasteiger partial charge in [0.2, 0.25) is 5.91 Å². The van der Waals surface area contributed by atoms with Crippen molar-refractivity contribution < 1.29 is 24.5 Å². The fourth-order valence-electron chi connectivity index (χ4n) is 2.42. The van der Waals surface area contributed by atoms with Crippen molar-refractivity contribution in [1.29, 1.82) is 0 Å². The second kappa shape index (κ2) is 8.21. The summed E-state index contributed by atoms with van der Waals surface area (Å²) in [5.74, 6) is -0.318. The summed E-state index contributed by atoms with van der Waals surface area (Å²) in [6, 6.07) is 8.70. The molecule has 0 spiro atoms. The van der Waals surface area contributed by atoms with Gasteiger partial charge in [0.15, 0.2) is 6.29 Å².